The lowest BCUT2D eigenvalue weighted by atomic mass is 9.89. The largest absolute Gasteiger partial charge is 0.380 e. The lowest BCUT2D eigenvalue weighted by molar-refractivity contribution is 0.185. The summed E-state index contributed by atoms with van der Waals surface area (Å²) in [4.78, 5) is 0. The Morgan fingerprint density at radius 1 is 1.50 bits per heavy atom. The summed E-state index contributed by atoms with van der Waals surface area (Å²) in [6, 6.07) is 6.42. The molecule has 2 N–H and O–H groups in total. The van der Waals surface area contributed by atoms with E-state index >= 15 is 0 Å². The van der Waals surface area contributed by atoms with E-state index in [-0.39, 0.29) is 11.5 Å². The van der Waals surface area contributed by atoms with Crippen LogP contribution in [0.4, 0.5) is 0 Å². The molecule has 1 saturated carbocycles. The minimum Gasteiger partial charge on any atom is -0.380 e. The fraction of sp³-hybridized carbons (Fsp3) is 0.538. The number of benzene rings is 1. The van der Waals surface area contributed by atoms with Gasteiger partial charge in [-0.05, 0) is 37.0 Å². The highest BCUT2D eigenvalue weighted by Gasteiger charge is 2.47. The standard InChI is InChI=1S/C13H18ClNO/c1-9(15)13(5-6-13)11-4-3-10(8-16-2)12(14)7-11/h3-4,7,9H,5-6,8,15H2,1-2H3. The van der Waals surface area contributed by atoms with Gasteiger partial charge in [0.1, 0.15) is 0 Å². The first-order valence-corrected chi connectivity index (χ1v) is 6.01. The molecular formula is C13H18ClNO. The van der Waals surface area contributed by atoms with E-state index in [2.05, 4.69) is 13.0 Å². The number of ether oxygens (including phenoxy) is 1. The van der Waals surface area contributed by atoms with E-state index in [4.69, 9.17) is 22.1 Å². The highest BCUT2D eigenvalue weighted by Crippen LogP contribution is 2.50. The van der Waals surface area contributed by atoms with Crippen molar-refractivity contribution in [3.05, 3.63) is 34.3 Å². The molecule has 16 heavy (non-hydrogen) atoms. The zero-order chi connectivity index (χ0) is 11.8. The van der Waals surface area contributed by atoms with Crippen molar-refractivity contribution < 1.29 is 4.74 Å². The molecule has 2 nitrogen and oxygen atoms in total. The van der Waals surface area contributed by atoms with Gasteiger partial charge in [-0.25, -0.2) is 0 Å². The Labute approximate surface area is 102 Å². The quantitative estimate of drug-likeness (QED) is 0.877. The van der Waals surface area contributed by atoms with E-state index in [1.54, 1.807) is 7.11 Å². The molecule has 1 fully saturated rings. The summed E-state index contributed by atoms with van der Waals surface area (Å²) in [5.74, 6) is 0. The molecule has 2 rings (SSSR count). The van der Waals surface area contributed by atoms with E-state index in [9.17, 15) is 0 Å². The van der Waals surface area contributed by atoms with Crippen molar-refractivity contribution in [3.8, 4) is 0 Å². The fourth-order valence-electron chi connectivity index (χ4n) is 2.27. The van der Waals surface area contributed by atoms with Crippen molar-refractivity contribution in [1.29, 1.82) is 0 Å². The smallest absolute Gasteiger partial charge is 0.0727 e. The molecule has 0 radical (unpaired) electrons. The Morgan fingerprint density at radius 2 is 2.19 bits per heavy atom. The topological polar surface area (TPSA) is 35.2 Å². The maximum atomic E-state index is 6.23. The lowest BCUT2D eigenvalue weighted by Crippen LogP contribution is -2.31. The molecule has 0 aliphatic heterocycles. The molecule has 1 unspecified atom stereocenters. The van der Waals surface area contributed by atoms with Gasteiger partial charge in [-0.2, -0.15) is 0 Å². The minimum absolute atomic E-state index is 0.176. The van der Waals surface area contributed by atoms with Crippen LogP contribution in [0.25, 0.3) is 0 Å². The molecule has 0 saturated heterocycles. The van der Waals surface area contributed by atoms with Crippen LogP contribution < -0.4 is 5.73 Å². The van der Waals surface area contributed by atoms with Gasteiger partial charge >= 0.3 is 0 Å². The number of nitrogens with two attached hydrogens (primary N) is 1. The highest BCUT2D eigenvalue weighted by atomic mass is 35.5. The van der Waals surface area contributed by atoms with Crippen LogP contribution in [-0.4, -0.2) is 13.2 Å². The second-order valence-electron chi connectivity index (χ2n) is 4.68. The average molecular weight is 240 g/mol. The molecule has 0 aromatic heterocycles. The lowest BCUT2D eigenvalue weighted by Gasteiger charge is -2.20. The van der Waals surface area contributed by atoms with Crippen molar-refractivity contribution in [1.82, 2.24) is 0 Å². The number of hydrogen-bond donors (Lipinski definition) is 1. The zero-order valence-electron chi connectivity index (χ0n) is 9.79. The Bertz CT molecular complexity index is 386. The summed E-state index contributed by atoms with van der Waals surface area (Å²) in [7, 11) is 1.68. The number of rotatable bonds is 4. The molecule has 0 amide bonds. The van der Waals surface area contributed by atoms with Gasteiger partial charge in [0.05, 0.1) is 6.61 Å². The van der Waals surface area contributed by atoms with Crippen LogP contribution in [0.1, 0.15) is 30.9 Å². The molecule has 0 heterocycles. The normalized spacial score (nSPS) is 19.5. The van der Waals surface area contributed by atoms with Gasteiger partial charge < -0.3 is 10.5 Å². The first kappa shape index (κ1) is 11.9. The van der Waals surface area contributed by atoms with E-state index < -0.39 is 0 Å². The Balaban J connectivity index is 2.28. The first-order valence-electron chi connectivity index (χ1n) is 5.63. The van der Waals surface area contributed by atoms with Crippen LogP contribution in [0.2, 0.25) is 5.02 Å². The van der Waals surface area contributed by atoms with Gasteiger partial charge in [0.2, 0.25) is 0 Å². The van der Waals surface area contributed by atoms with Crippen LogP contribution in [0.15, 0.2) is 18.2 Å². The van der Waals surface area contributed by atoms with Gasteiger partial charge in [-0.15, -0.1) is 0 Å². The molecule has 1 aromatic rings. The first-order chi connectivity index (χ1) is 7.60. The second-order valence-corrected chi connectivity index (χ2v) is 5.09. The summed E-state index contributed by atoms with van der Waals surface area (Å²) in [5, 5.41) is 0.784. The third-order valence-electron chi connectivity index (χ3n) is 3.59. The molecule has 88 valence electrons. The number of methoxy groups -OCH3 is 1. The van der Waals surface area contributed by atoms with E-state index in [0.29, 0.717) is 6.61 Å². The molecule has 1 aliphatic rings. The second kappa shape index (κ2) is 4.36. The predicted molar refractivity (Wildman–Crippen MR) is 66.7 cm³/mol. The molecule has 3 heteroatoms. The van der Waals surface area contributed by atoms with Gasteiger partial charge in [-0.3, -0.25) is 0 Å². The zero-order valence-corrected chi connectivity index (χ0v) is 10.6. The van der Waals surface area contributed by atoms with Gasteiger partial charge in [0.25, 0.3) is 0 Å². The maximum absolute atomic E-state index is 6.23. The van der Waals surface area contributed by atoms with Crippen LogP contribution in [-0.2, 0) is 16.8 Å². The summed E-state index contributed by atoms with van der Waals surface area (Å²) in [5.41, 5.74) is 8.53. The maximum Gasteiger partial charge on any atom is 0.0727 e. The van der Waals surface area contributed by atoms with Crippen molar-refractivity contribution in [2.75, 3.05) is 7.11 Å². The predicted octanol–water partition coefficient (Wildman–Crippen LogP) is 2.87. The summed E-state index contributed by atoms with van der Waals surface area (Å²) in [6.45, 7) is 2.63. The van der Waals surface area contributed by atoms with Gasteiger partial charge in [0, 0.05) is 23.6 Å². The van der Waals surface area contributed by atoms with Crippen LogP contribution in [0.3, 0.4) is 0 Å². The average Bonchev–Trinajstić information content (AvgIpc) is 3.02. The Kier molecular flexibility index (Phi) is 3.24. The van der Waals surface area contributed by atoms with Gasteiger partial charge in [-0.1, -0.05) is 23.7 Å². The third-order valence-corrected chi connectivity index (χ3v) is 3.94. The van der Waals surface area contributed by atoms with Crippen molar-refractivity contribution >= 4 is 11.6 Å². The molecule has 1 atom stereocenters. The Hall–Kier alpha value is -0.570. The van der Waals surface area contributed by atoms with E-state index in [0.717, 1.165) is 10.6 Å². The SMILES string of the molecule is COCc1ccc(C2(C(C)N)CC2)cc1Cl. The number of hydrogen-bond acceptors (Lipinski definition) is 2. The van der Waals surface area contributed by atoms with Crippen LogP contribution >= 0.6 is 11.6 Å². The van der Waals surface area contributed by atoms with E-state index in [1.165, 1.54) is 18.4 Å². The van der Waals surface area contributed by atoms with E-state index in [1.807, 2.05) is 12.1 Å². The highest BCUT2D eigenvalue weighted by molar-refractivity contribution is 6.31. The van der Waals surface area contributed by atoms with Crippen LogP contribution in [0.5, 0.6) is 0 Å². The molecular weight excluding hydrogens is 222 g/mol. The molecule has 1 aromatic carbocycles. The van der Waals surface area contributed by atoms with Crippen molar-refractivity contribution in [2.24, 2.45) is 5.73 Å². The van der Waals surface area contributed by atoms with Crippen LogP contribution in [0, 0.1) is 0 Å². The fourth-order valence-corrected chi connectivity index (χ4v) is 2.51. The molecule has 1 aliphatic carbocycles. The summed E-state index contributed by atoms with van der Waals surface area (Å²) < 4.78 is 5.09. The minimum atomic E-state index is 0.176. The third kappa shape index (κ3) is 1.97. The summed E-state index contributed by atoms with van der Waals surface area (Å²) >= 11 is 6.23. The van der Waals surface area contributed by atoms with Gasteiger partial charge in [0.15, 0.2) is 0 Å². The molecule has 0 spiro atoms. The number of halogens is 1. The summed E-state index contributed by atoms with van der Waals surface area (Å²) in [6.07, 6.45) is 2.34. The molecule has 0 bridgehead atoms. The van der Waals surface area contributed by atoms with Crippen molar-refractivity contribution in [3.63, 3.8) is 0 Å². The monoisotopic (exact) mass is 239 g/mol. The van der Waals surface area contributed by atoms with Crippen molar-refractivity contribution in [2.45, 2.75) is 37.8 Å². The Morgan fingerprint density at radius 3 is 2.62 bits per heavy atom.